The molecular formula is C10H11N3O4. The Hall–Kier alpha value is -2.18. The van der Waals surface area contributed by atoms with E-state index in [0.717, 1.165) is 6.20 Å². The standard InChI is InChI=1S/C10H11N3O4/c1-17-9(14)10(4-5-10)12-6-2-8(11-12)3-7-13(15)16/h2-3,6-7H,4-5H2,1H3. The molecule has 1 heterocycles. The van der Waals surface area contributed by atoms with Crippen LogP contribution >= 0.6 is 0 Å². The molecule has 17 heavy (non-hydrogen) atoms. The SMILES string of the molecule is COC(=O)C1(n2ccc(C=C[N+](=O)[O-])n2)CC1. The molecule has 1 aliphatic rings. The number of aromatic nitrogens is 2. The second kappa shape index (κ2) is 4.00. The molecule has 1 saturated carbocycles. The number of methoxy groups -OCH3 is 1. The summed E-state index contributed by atoms with van der Waals surface area (Å²) in [5, 5.41) is 14.3. The largest absolute Gasteiger partial charge is 0.467 e. The molecule has 0 spiro atoms. The van der Waals surface area contributed by atoms with E-state index < -0.39 is 10.5 Å². The molecule has 0 aromatic carbocycles. The Kier molecular flexibility index (Phi) is 2.66. The minimum Gasteiger partial charge on any atom is -0.467 e. The van der Waals surface area contributed by atoms with Crippen molar-refractivity contribution in [2.75, 3.05) is 7.11 Å². The second-order valence-electron chi connectivity index (χ2n) is 3.81. The third kappa shape index (κ3) is 2.03. The van der Waals surface area contributed by atoms with Gasteiger partial charge < -0.3 is 4.74 Å². The Bertz CT molecular complexity index is 487. The molecule has 0 bridgehead atoms. The van der Waals surface area contributed by atoms with Crippen molar-refractivity contribution < 1.29 is 14.5 Å². The summed E-state index contributed by atoms with van der Waals surface area (Å²) in [5.74, 6) is -0.328. The van der Waals surface area contributed by atoms with Crippen LogP contribution in [0.25, 0.3) is 6.08 Å². The summed E-state index contributed by atoms with van der Waals surface area (Å²) in [6.45, 7) is 0. The lowest BCUT2D eigenvalue weighted by atomic mass is 10.3. The van der Waals surface area contributed by atoms with Crippen molar-refractivity contribution in [1.29, 1.82) is 0 Å². The van der Waals surface area contributed by atoms with E-state index in [1.165, 1.54) is 17.9 Å². The molecule has 7 nitrogen and oxygen atoms in total. The summed E-state index contributed by atoms with van der Waals surface area (Å²) >= 11 is 0. The predicted octanol–water partition coefficient (Wildman–Crippen LogP) is 0.793. The highest BCUT2D eigenvalue weighted by Gasteiger charge is 2.53. The van der Waals surface area contributed by atoms with Crippen LogP contribution < -0.4 is 0 Å². The van der Waals surface area contributed by atoms with Crippen molar-refractivity contribution in [2.45, 2.75) is 18.4 Å². The molecule has 0 atom stereocenters. The molecule has 0 radical (unpaired) electrons. The maximum atomic E-state index is 11.6. The molecule has 1 fully saturated rings. The maximum absolute atomic E-state index is 11.6. The lowest BCUT2D eigenvalue weighted by molar-refractivity contribution is -0.401. The monoisotopic (exact) mass is 237 g/mol. The second-order valence-corrected chi connectivity index (χ2v) is 3.81. The van der Waals surface area contributed by atoms with Gasteiger partial charge in [0.05, 0.1) is 17.7 Å². The molecule has 0 amide bonds. The molecule has 0 saturated heterocycles. The summed E-state index contributed by atoms with van der Waals surface area (Å²) in [6, 6.07) is 1.61. The minimum absolute atomic E-state index is 0.328. The van der Waals surface area contributed by atoms with E-state index >= 15 is 0 Å². The fraction of sp³-hybridized carbons (Fsp3) is 0.400. The Morgan fingerprint density at radius 1 is 1.71 bits per heavy atom. The normalized spacial score (nSPS) is 17.0. The number of esters is 1. The van der Waals surface area contributed by atoms with Gasteiger partial charge in [-0.1, -0.05) is 0 Å². The Morgan fingerprint density at radius 2 is 2.41 bits per heavy atom. The Morgan fingerprint density at radius 3 is 2.94 bits per heavy atom. The number of nitrogens with zero attached hydrogens (tertiary/aromatic N) is 3. The fourth-order valence-corrected chi connectivity index (χ4v) is 1.64. The van der Waals surface area contributed by atoms with E-state index in [-0.39, 0.29) is 5.97 Å². The van der Waals surface area contributed by atoms with Crippen LogP contribution in [0.15, 0.2) is 18.5 Å². The lowest BCUT2D eigenvalue weighted by Crippen LogP contribution is -2.29. The molecule has 7 heteroatoms. The lowest BCUT2D eigenvalue weighted by Gasteiger charge is -2.12. The first-order chi connectivity index (χ1) is 8.08. The van der Waals surface area contributed by atoms with Crippen molar-refractivity contribution in [3.63, 3.8) is 0 Å². The van der Waals surface area contributed by atoms with E-state index in [1.807, 2.05) is 0 Å². The molecule has 1 aliphatic carbocycles. The average Bonchev–Trinajstić information content (AvgIpc) is 2.98. The first kappa shape index (κ1) is 11.3. The number of ether oxygens (including phenoxy) is 1. The molecule has 0 N–H and O–H groups in total. The van der Waals surface area contributed by atoms with Crippen LogP contribution in [0.4, 0.5) is 0 Å². The number of rotatable bonds is 4. The topological polar surface area (TPSA) is 87.3 Å². The molecule has 0 aliphatic heterocycles. The maximum Gasteiger partial charge on any atom is 0.333 e. The zero-order chi connectivity index (χ0) is 12.5. The summed E-state index contributed by atoms with van der Waals surface area (Å²) in [5.41, 5.74) is -0.257. The van der Waals surface area contributed by atoms with Crippen LogP contribution in [0.1, 0.15) is 18.5 Å². The zero-order valence-electron chi connectivity index (χ0n) is 9.20. The van der Waals surface area contributed by atoms with Crippen LogP contribution in [0.2, 0.25) is 0 Å². The van der Waals surface area contributed by atoms with E-state index in [2.05, 4.69) is 5.10 Å². The van der Waals surface area contributed by atoms with Crippen molar-refractivity contribution in [3.8, 4) is 0 Å². The van der Waals surface area contributed by atoms with Gasteiger partial charge in [0.15, 0.2) is 5.54 Å². The van der Waals surface area contributed by atoms with Crippen molar-refractivity contribution in [3.05, 3.63) is 34.3 Å². The van der Waals surface area contributed by atoms with E-state index in [9.17, 15) is 14.9 Å². The third-order valence-corrected chi connectivity index (χ3v) is 2.70. The van der Waals surface area contributed by atoms with Crippen LogP contribution in [-0.4, -0.2) is 27.8 Å². The minimum atomic E-state index is -0.699. The van der Waals surface area contributed by atoms with Crippen molar-refractivity contribution in [1.82, 2.24) is 9.78 Å². The van der Waals surface area contributed by atoms with Gasteiger partial charge in [0, 0.05) is 12.3 Å². The molecule has 90 valence electrons. The Balaban J connectivity index is 2.19. The fourth-order valence-electron chi connectivity index (χ4n) is 1.64. The van der Waals surface area contributed by atoms with Gasteiger partial charge in [-0.05, 0) is 18.9 Å². The molecule has 2 rings (SSSR count). The van der Waals surface area contributed by atoms with Gasteiger partial charge in [-0.25, -0.2) is 4.79 Å². The first-order valence-corrected chi connectivity index (χ1v) is 5.05. The molecular weight excluding hydrogens is 226 g/mol. The third-order valence-electron chi connectivity index (χ3n) is 2.70. The van der Waals surface area contributed by atoms with Gasteiger partial charge in [0.1, 0.15) is 0 Å². The summed E-state index contributed by atoms with van der Waals surface area (Å²) in [6.07, 6.45) is 5.08. The van der Waals surface area contributed by atoms with Gasteiger partial charge in [-0.15, -0.1) is 0 Å². The van der Waals surface area contributed by atoms with Gasteiger partial charge >= 0.3 is 5.97 Å². The Labute approximate surface area is 96.8 Å². The van der Waals surface area contributed by atoms with Gasteiger partial charge in [0.2, 0.25) is 6.20 Å². The number of carbonyl (C=O) groups excluding carboxylic acids is 1. The van der Waals surface area contributed by atoms with Gasteiger partial charge in [0.25, 0.3) is 0 Å². The van der Waals surface area contributed by atoms with E-state index in [1.54, 1.807) is 12.3 Å². The molecule has 1 aromatic heterocycles. The average molecular weight is 237 g/mol. The summed E-state index contributed by atoms with van der Waals surface area (Å²) in [4.78, 5) is 21.2. The van der Waals surface area contributed by atoms with Crippen LogP contribution in [0, 0.1) is 10.1 Å². The van der Waals surface area contributed by atoms with Crippen LogP contribution in [0.3, 0.4) is 0 Å². The van der Waals surface area contributed by atoms with E-state index in [4.69, 9.17) is 4.74 Å². The summed E-state index contributed by atoms with van der Waals surface area (Å²) < 4.78 is 6.23. The van der Waals surface area contributed by atoms with Gasteiger partial charge in [-0.2, -0.15) is 5.10 Å². The number of carbonyl (C=O) groups is 1. The first-order valence-electron chi connectivity index (χ1n) is 5.05. The number of hydrogen-bond donors (Lipinski definition) is 0. The van der Waals surface area contributed by atoms with E-state index in [0.29, 0.717) is 18.5 Å². The highest BCUT2D eigenvalue weighted by molar-refractivity contribution is 5.81. The highest BCUT2D eigenvalue weighted by Crippen LogP contribution is 2.44. The molecule has 0 unspecified atom stereocenters. The van der Waals surface area contributed by atoms with Gasteiger partial charge in [-0.3, -0.25) is 14.8 Å². The van der Waals surface area contributed by atoms with Crippen LogP contribution in [0.5, 0.6) is 0 Å². The van der Waals surface area contributed by atoms with Crippen LogP contribution in [-0.2, 0) is 15.1 Å². The zero-order valence-corrected chi connectivity index (χ0v) is 9.20. The number of nitro groups is 1. The molecule has 1 aromatic rings. The quantitative estimate of drug-likeness (QED) is 0.439. The predicted molar refractivity (Wildman–Crippen MR) is 57.5 cm³/mol. The smallest absolute Gasteiger partial charge is 0.333 e. The highest BCUT2D eigenvalue weighted by atomic mass is 16.6. The number of hydrogen-bond acceptors (Lipinski definition) is 5. The summed E-state index contributed by atoms with van der Waals surface area (Å²) in [7, 11) is 1.33. The van der Waals surface area contributed by atoms with Crippen molar-refractivity contribution in [2.24, 2.45) is 0 Å². The van der Waals surface area contributed by atoms with Crippen molar-refractivity contribution >= 4 is 12.0 Å².